The van der Waals surface area contributed by atoms with E-state index in [-0.39, 0.29) is 22.5 Å². The summed E-state index contributed by atoms with van der Waals surface area (Å²) >= 11 is 0. The first kappa shape index (κ1) is 24.9. The van der Waals surface area contributed by atoms with Crippen molar-refractivity contribution in [3.63, 3.8) is 0 Å². The normalized spacial score (nSPS) is 11.7. The lowest BCUT2D eigenvalue weighted by atomic mass is 10.0. The summed E-state index contributed by atoms with van der Waals surface area (Å²) in [5.74, 6) is -4.35. The summed E-state index contributed by atoms with van der Waals surface area (Å²) in [6.07, 6.45) is 5.85. The topological polar surface area (TPSA) is 164 Å². The predicted molar refractivity (Wildman–Crippen MR) is 133 cm³/mol. The summed E-state index contributed by atoms with van der Waals surface area (Å²) in [4.78, 5) is 20.0. The highest BCUT2D eigenvalue weighted by molar-refractivity contribution is 7.92. The fourth-order valence-corrected chi connectivity index (χ4v) is 5.09. The smallest absolute Gasteiger partial charge is 0.290 e. The lowest BCUT2D eigenvalue weighted by molar-refractivity contribution is 0.103. The van der Waals surface area contributed by atoms with Gasteiger partial charge in [0.2, 0.25) is 5.78 Å². The molecule has 0 spiro atoms. The summed E-state index contributed by atoms with van der Waals surface area (Å²) in [5, 5.41) is 17.8. The van der Waals surface area contributed by atoms with Gasteiger partial charge >= 0.3 is 0 Å². The lowest BCUT2D eigenvalue weighted by Gasteiger charge is -2.12. The van der Waals surface area contributed by atoms with E-state index in [1.807, 2.05) is 4.72 Å². The molecule has 6 aromatic rings. The highest BCUT2D eigenvalue weighted by Gasteiger charge is 2.27. The van der Waals surface area contributed by atoms with Gasteiger partial charge in [-0.25, -0.2) is 31.3 Å². The predicted octanol–water partition coefficient (Wildman–Crippen LogP) is 3.38. The fraction of sp³-hybridized carbons (Fsp3) is 0. The van der Waals surface area contributed by atoms with Gasteiger partial charge in [-0.1, -0.05) is 11.2 Å². The molecule has 200 valence electrons. The van der Waals surface area contributed by atoms with Gasteiger partial charge in [0.1, 0.15) is 17.3 Å². The maximum atomic E-state index is 15.5. The number of hydrogen-bond acceptors (Lipinski definition) is 8. The summed E-state index contributed by atoms with van der Waals surface area (Å²) in [6.45, 7) is 0. The molecule has 6 rings (SSSR count). The van der Waals surface area contributed by atoms with Gasteiger partial charge in [-0.15, -0.1) is 5.10 Å². The van der Waals surface area contributed by atoms with Crippen LogP contribution in [0.25, 0.3) is 28.1 Å². The monoisotopic (exact) mass is 565 g/mol. The molecule has 0 fully saturated rings. The Morgan fingerprint density at radius 2 is 1.88 bits per heavy atom. The number of rotatable bonds is 7. The molecule has 0 radical (unpaired) electrons. The molecule has 0 aliphatic rings. The van der Waals surface area contributed by atoms with Crippen LogP contribution in [0.5, 0.6) is 0 Å². The average Bonchev–Trinajstić information content (AvgIpc) is 3.70. The number of aromatic amines is 2. The Labute approximate surface area is 221 Å². The molecule has 0 bridgehead atoms. The summed E-state index contributed by atoms with van der Waals surface area (Å²) in [6, 6.07) is 7.19. The minimum Gasteiger partial charge on any atom is -0.345 e. The van der Waals surface area contributed by atoms with Crippen LogP contribution in [-0.2, 0) is 10.0 Å². The van der Waals surface area contributed by atoms with Gasteiger partial charge in [-0.05, 0) is 41.6 Å². The van der Waals surface area contributed by atoms with E-state index in [9.17, 15) is 22.0 Å². The Morgan fingerprint density at radius 1 is 1.02 bits per heavy atom. The quantitative estimate of drug-likeness (QED) is 0.248. The van der Waals surface area contributed by atoms with Gasteiger partial charge in [-0.3, -0.25) is 9.52 Å². The number of halogens is 3. The number of pyridine rings is 1. The summed E-state index contributed by atoms with van der Waals surface area (Å²) < 4.78 is 72.5. The van der Waals surface area contributed by atoms with Crippen LogP contribution in [0, 0.1) is 17.5 Å². The summed E-state index contributed by atoms with van der Waals surface area (Å²) in [5.41, 5.74) is -0.435. The number of aromatic nitrogens is 8. The zero-order valence-electron chi connectivity index (χ0n) is 19.8. The van der Waals surface area contributed by atoms with E-state index in [0.29, 0.717) is 11.1 Å². The Morgan fingerprint density at radius 3 is 2.65 bits per heavy atom. The van der Waals surface area contributed by atoms with E-state index in [4.69, 9.17) is 0 Å². The Kier molecular flexibility index (Phi) is 5.87. The van der Waals surface area contributed by atoms with Gasteiger partial charge in [0.15, 0.2) is 5.82 Å². The van der Waals surface area contributed by atoms with Crippen LogP contribution >= 0.6 is 0 Å². The second kappa shape index (κ2) is 9.42. The van der Waals surface area contributed by atoms with Crippen LogP contribution < -0.4 is 4.72 Å². The number of H-pyrrole nitrogens is 2. The zero-order valence-corrected chi connectivity index (χ0v) is 20.6. The number of benzene rings is 2. The standard InChI is InChI=1S/C24H14F3N9O3S/c25-14-2-1-3-15(7-14)40(38,39)33-19-5-4-18(26)20(21(19)27)22(37)17-10-29-23-16(17)6-12(8-28-23)13-9-30-36(11-13)24-31-34-35-32-24/h1-11,33H,(H,28,29)(H,31,32,34,35). The number of fused-ring (bicyclic) bond motifs is 1. The maximum Gasteiger partial charge on any atom is 0.290 e. The van der Waals surface area contributed by atoms with Crippen molar-refractivity contribution in [3.05, 3.63) is 95.8 Å². The Bertz CT molecular complexity index is 2020. The van der Waals surface area contributed by atoms with Crippen LogP contribution in [0.15, 0.2) is 72.1 Å². The van der Waals surface area contributed by atoms with Gasteiger partial charge in [0.05, 0.1) is 22.3 Å². The Hall–Kier alpha value is -5.38. The first-order valence-corrected chi connectivity index (χ1v) is 12.8. The molecule has 4 heterocycles. The highest BCUT2D eigenvalue weighted by Crippen LogP contribution is 2.30. The molecule has 12 nitrogen and oxygen atoms in total. The molecule has 40 heavy (non-hydrogen) atoms. The molecule has 0 saturated heterocycles. The number of carbonyl (C=O) groups excluding carboxylic acids is 1. The van der Waals surface area contributed by atoms with Crippen molar-refractivity contribution in [3.8, 4) is 17.1 Å². The fourth-order valence-electron chi connectivity index (χ4n) is 4.00. The minimum atomic E-state index is -4.46. The molecule has 4 aromatic heterocycles. The first-order chi connectivity index (χ1) is 19.2. The second-order valence-corrected chi connectivity index (χ2v) is 10.1. The zero-order chi connectivity index (χ0) is 28.0. The third kappa shape index (κ3) is 4.35. The minimum absolute atomic E-state index is 0.113. The molecule has 2 aromatic carbocycles. The van der Waals surface area contributed by atoms with Crippen molar-refractivity contribution < 1.29 is 26.4 Å². The Balaban J connectivity index is 1.36. The van der Waals surface area contributed by atoms with E-state index >= 15 is 4.39 Å². The number of sulfonamides is 1. The molecule has 0 atom stereocenters. The number of anilines is 1. The molecule has 0 unspecified atom stereocenters. The van der Waals surface area contributed by atoms with Crippen molar-refractivity contribution in [2.24, 2.45) is 0 Å². The van der Waals surface area contributed by atoms with Gasteiger partial charge < -0.3 is 4.98 Å². The van der Waals surface area contributed by atoms with Crippen LogP contribution in [0.4, 0.5) is 18.9 Å². The molecule has 0 saturated carbocycles. The number of nitrogens with one attached hydrogen (secondary N) is 3. The second-order valence-electron chi connectivity index (χ2n) is 8.38. The van der Waals surface area contributed by atoms with Crippen molar-refractivity contribution in [1.82, 2.24) is 40.4 Å². The van der Waals surface area contributed by atoms with Crippen LogP contribution in [0.2, 0.25) is 0 Å². The maximum absolute atomic E-state index is 15.5. The van der Waals surface area contributed by atoms with Gasteiger partial charge in [0.25, 0.3) is 16.0 Å². The molecule has 16 heteroatoms. The van der Waals surface area contributed by atoms with Crippen LogP contribution in [0.3, 0.4) is 0 Å². The van der Waals surface area contributed by atoms with E-state index in [2.05, 4.69) is 35.7 Å². The first-order valence-electron chi connectivity index (χ1n) is 11.3. The molecular formula is C24H14F3N9O3S. The summed E-state index contributed by atoms with van der Waals surface area (Å²) in [7, 11) is -4.46. The highest BCUT2D eigenvalue weighted by atomic mass is 32.2. The third-order valence-corrected chi connectivity index (χ3v) is 7.26. The van der Waals surface area contributed by atoms with Crippen molar-refractivity contribution in [1.29, 1.82) is 0 Å². The molecule has 0 aliphatic heterocycles. The lowest BCUT2D eigenvalue weighted by Crippen LogP contribution is -2.16. The van der Waals surface area contributed by atoms with E-state index in [1.54, 1.807) is 12.3 Å². The van der Waals surface area contributed by atoms with Crippen molar-refractivity contribution in [2.45, 2.75) is 4.90 Å². The van der Waals surface area contributed by atoms with Gasteiger partial charge in [0, 0.05) is 40.7 Å². The van der Waals surface area contributed by atoms with E-state index in [1.165, 1.54) is 23.3 Å². The number of tetrazole rings is 1. The van der Waals surface area contributed by atoms with Crippen LogP contribution in [0.1, 0.15) is 15.9 Å². The average molecular weight is 565 g/mol. The number of ketones is 1. The number of hydrogen-bond donors (Lipinski definition) is 3. The van der Waals surface area contributed by atoms with Gasteiger partial charge in [-0.2, -0.15) is 10.3 Å². The molecule has 0 amide bonds. The van der Waals surface area contributed by atoms with E-state index < -0.39 is 49.4 Å². The molecular weight excluding hydrogens is 551 g/mol. The molecule has 3 N–H and O–H groups in total. The number of carbonyl (C=O) groups is 1. The van der Waals surface area contributed by atoms with E-state index in [0.717, 1.165) is 36.4 Å². The SMILES string of the molecule is O=C(c1c(F)ccc(NS(=O)(=O)c2cccc(F)c2)c1F)c1c[nH]c2ncc(-c3cnn(-c4nn[nH]n4)c3)cc12. The van der Waals surface area contributed by atoms with Crippen molar-refractivity contribution in [2.75, 3.05) is 4.72 Å². The molecule has 0 aliphatic carbocycles. The number of nitrogens with zero attached hydrogens (tertiary/aromatic N) is 6. The van der Waals surface area contributed by atoms with Crippen LogP contribution in [-0.4, -0.2) is 54.6 Å². The van der Waals surface area contributed by atoms with Crippen molar-refractivity contribution >= 4 is 32.5 Å². The third-order valence-electron chi connectivity index (χ3n) is 5.90. The largest absolute Gasteiger partial charge is 0.345 e.